The zero-order chi connectivity index (χ0) is 14.9. The largest absolute Gasteiger partial charge is 0.378 e. The zero-order valence-corrected chi connectivity index (χ0v) is 13.2. The summed E-state index contributed by atoms with van der Waals surface area (Å²) in [6.45, 7) is 2.55. The van der Waals surface area contributed by atoms with Crippen molar-refractivity contribution in [1.82, 2.24) is 10.2 Å². The number of hydrogen-bond acceptors (Lipinski definition) is 2. The van der Waals surface area contributed by atoms with Gasteiger partial charge in [-0.3, -0.25) is 0 Å². The van der Waals surface area contributed by atoms with Crippen molar-refractivity contribution in [3.05, 3.63) is 35.9 Å². The van der Waals surface area contributed by atoms with Crippen LogP contribution in [0.15, 0.2) is 35.3 Å². The number of aliphatic imine (C=N–C) groups is 1. The van der Waals surface area contributed by atoms with Crippen molar-refractivity contribution < 1.29 is 4.74 Å². The Bertz CT molecular complexity index is 425. The maximum atomic E-state index is 5.76. The molecule has 116 valence electrons. The quantitative estimate of drug-likeness (QED) is 0.669. The van der Waals surface area contributed by atoms with Crippen LogP contribution in [0.3, 0.4) is 0 Å². The molecule has 0 radical (unpaired) electrons. The molecular weight excluding hydrogens is 262 g/mol. The van der Waals surface area contributed by atoms with Gasteiger partial charge in [-0.15, -0.1) is 0 Å². The summed E-state index contributed by atoms with van der Waals surface area (Å²) in [4.78, 5) is 6.70. The molecule has 1 saturated heterocycles. The highest BCUT2D eigenvalue weighted by molar-refractivity contribution is 5.79. The van der Waals surface area contributed by atoms with Crippen LogP contribution in [0, 0.1) is 0 Å². The molecule has 1 N–H and O–H groups in total. The molecule has 1 heterocycles. The van der Waals surface area contributed by atoms with E-state index in [0.717, 1.165) is 25.5 Å². The molecule has 0 saturated carbocycles. The van der Waals surface area contributed by atoms with E-state index in [4.69, 9.17) is 4.74 Å². The Morgan fingerprint density at radius 3 is 2.76 bits per heavy atom. The normalized spacial score (nSPS) is 19.3. The SMILES string of the molecule is CN(C)C(=NCc1ccccc1)NCCC1CCCCO1. The van der Waals surface area contributed by atoms with Crippen LogP contribution in [0.25, 0.3) is 0 Å². The first-order valence-corrected chi connectivity index (χ1v) is 7.87. The Morgan fingerprint density at radius 1 is 1.29 bits per heavy atom. The Morgan fingerprint density at radius 2 is 2.10 bits per heavy atom. The molecule has 2 rings (SSSR count). The van der Waals surface area contributed by atoms with Crippen LogP contribution in [0.5, 0.6) is 0 Å². The van der Waals surface area contributed by atoms with Crippen molar-refractivity contribution in [2.45, 2.75) is 38.3 Å². The van der Waals surface area contributed by atoms with Crippen LogP contribution in [-0.4, -0.2) is 44.2 Å². The number of rotatable bonds is 5. The predicted molar refractivity (Wildman–Crippen MR) is 87.5 cm³/mol. The monoisotopic (exact) mass is 289 g/mol. The second kappa shape index (κ2) is 8.67. The van der Waals surface area contributed by atoms with Gasteiger partial charge in [-0.2, -0.15) is 0 Å². The van der Waals surface area contributed by atoms with Gasteiger partial charge in [-0.25, -0.2) is 4.99 Å². The standard InChI is InChI=1S/C17H27N3O/c1-20(2)17(19-14-15-8-4-3-5-9-15)18-12-11-16-10-6-7-13-21-16/h3-5,8-9,16H,6-7,10-14H2,1-2H3,(H,18,19). The molecule has 4 nitrogen and oxygen atoms in total. The number of nitrogens with one attached hydrogen (secondary N) is 1. The van der Waals surface area contributed by atoms with Gasteiger partial charge in [0.1, 0.15) is 0 Å². The lowest BCUT2D eigenvalue weighted by atomic mass is 10.1. The minimum Gasteiger partial charge on any atom is -0.378 e. The molecule has 0 amide bonds. The van der Waals surface area contributed by atoms with Gasteiger partial charge in [0.15, 0.2) is 5.96 Å². The topological polar surface area (TPSA) is 36.9 Å². The minimum absolute atomic E-state index is 0.420. The second-order valence-electron chi connectivity index (χ2n) is 5.72. The molecule has 0 spiro atoms. The van der Waals surface area contributed by atoms with Crippen LogP contribution in [0.2, 0.25) is 0 Å². The van der Waals surface area contributed by atoms with Crippen molar-refractivity contribution in [1.29, 1.82) is 0 Å². The third-order valence-electron chi connectivity index (χ3n) is 3.70. The summed E-state index contributed by atoms with van der Waals surface area (Å²) in [6.07, 6.45) is 5.18. The lowest BCUT2D eigenvalue weighted by Crippen LogP contribution is -2.38. The Balaban J connectivity index is 1.78. The molecular formula is C17H27N3O. The number of benzene rings is 1. The smallest absolute Gasteiger partial charge is 0.193 e. The molecule has 0 aromatic heterocycles. The maximum absolute atomic E-state index is 5.76. The summed E-state index contributed by atoms with van der Waals surface area (Å²) in [5.74, 6) is 0.940. The fourth-order valence-electron chi connectivity index (χ4n) is 2.49. The van der Waals surface area contributed by atoms with Gasteiger partial charge in [0.05, 0.1) is 12.6 Å². The first-order chi connectivity index (χ1) is 10.3. The first kappa shape index (κ1) is 15.8. The van der Waals surface area contributed by atoms with E-state index in [-0.39, 0.29) is 0 Å². The van der Waals surface area contributed by atoms with Crippen LogP contribution in [0.1, 0.15) is 31.2 Å². The van der Waals surface area contributed by atoms with Gasteiger partial charge in [0, 0.05) is 27.2 Å². The van der Waals surface area contributed by atoms with Crippen molar-refractivity contribution in [3.63, 3.8) is 0 Å². The van der Waals surface area contributed by atoms with Crippen molar-refractivity contribution in [2.24, 2.45) is 4.99 Å². The number of nitrogens with zero attached hydrogens (tertiary/aromatic N) is 2. The molecule has 1 unspecified atom stereocenters. The molecule has 0 bridgehead atoms. The Hall–Kier alpha value is -1.55. The lowest BCUT2D eigenvalue weighted by molar-refractivity contribution is 0.0121. The third kappa shape index (κ3) is 5.76. The molecule has 1 atom stereocenters. The van der Waals surface area contributed by atoms with Gasteiger partial charge in [-0.1, -0.05) is 30.3 Å². The van der Waals surface area contributed by atoms with E-state index in [0.29, 0.717) is 12.6 Å². The first-order valence-electron chi connectivity index (χ1n) is 7.87. The molecule has 4 heteroatoms. The lowest BCUT2D eigenvalue weighted by Gasteiger charge is -2.24. The van der Waals surface area contributed by atoms with E-state index >= 15 is 0 Å². The molecule has 1 aromatic carbocycles. The summed E-state index contributed by atoms with van der Waals surface area (Å²) >= 11 is 0. The molecule has 1 aliphatic heterocycles. The third-order valence-corrected chi connectivity index (χ3v) is 3.70. The van der Waals surface area contributed by atoms with E-state index in [2.05, 4.69) is 22.4 Å². The van der Waals surface area contributed by atoms with Gasteiger partial charge in [-0.05, 0) is 31.2 Å². The van der Waals surface area contributed by atoms with Crippen molar-refractivity contribution in [3.8, 4) is 0 Å². The molecule has 1 fully saturated rings. The number of guanidine groups is 1. The number of hydrogen-bond donors (Lipinski definition) is 1. The summed E-state index contributed by atoms with van der Waals surface area (Å²) in [5, 5.41) is 3.43. The van der Waals surface area contributed by atoms with Gasteiger partial charge < -0.3 is 15.0 Å². The van der Waals surface area contributed by atoms with Crippen LogP contribution in [0.4, 0.5) is 0 Å². The van der Waals surface area contributed by atoms with Crippen LogP contribution < -0.4 is 5.32 Å². The van der Waals surface area contributed by atoms with Crippen molar-refractivity contribution >= 4 is 5.96 Å². The van der Waals surface area contributed by atoms with Crippen LogP contribution >= 0.6 is 0 Å². The molecule has 0 aliphatic carbocycles. The Labute approximate surface area is 128 Å². The average molecular weight is 289 g/mol. The fraction of sp³-hybridized carbons (Fsp3) is 0.588. The van der Waals surface area contributed by atoms with Gasteiger partial charge in [0.2, 0.25) is 0 Å². The minimum atomic E-state index is 0.420. The molecule has 21 heavy (non-hydrogen) atoms. The zero-order valence-electron chi connectivity index (χ0n) is 13.2. The van der Waals surface area contributed by atoms with Gasteiger partial charge >= 0.3 is 0 Å². The highest BCUT2D eigenvalue weighted by Gasteiger charge is 2.13. The van der Waals surface area contributed by atoms with E-state index in [1.807, 2.05) is 37.2 Å². The molecule has 1 aromatic rings. The summed E-state index contributed by atoms with van der Waals surface area (Å²) < 4.78 is 5.76. The summed E-state index contributed by atoms with van der Waals surface area (Å²) in [5.41, 5.74) is 1.23. The van der Waals surface area contributed by atoms with Gasteiger partial charge in [0.25, 0.3) is 0 Å². The summed E-state index contributed by atoms with van der Waals surface area (Å²) in [7, 11) is 4.04. The fourth-order valence-corrected chi connectivity index (χ4v) is 2.49. The molecule has 1 aliphatic rings. The summed E-state index contributed by atoms with van der Waals surface area (Å²) in [6, 6.07) is 10.3. The highest BCUT2D eigenvalue weighted by Crippen LogP contribution is 2.14. The Kier molecular flexibility index (Phi) is 6.54. The van der Waals surface area contributed by atoms with Crippen LogP contribution in [-0.2, 0) is 11.3 Å². The van der Waals surface area contributed by atoms with E-state index in [1.54, 1.807) is 0 Å². The van der Waals surface area contributed by atoms with E-state index in [1.165, 1.54) is 24.8 Å². The second-order valence-corrected chi connectivity index (χ2v) is 5.72. The van der Waals surface area contributed by atoms with E-state index < -0.39 is 0 Å². The van der Waals surface area contributed by atoms with E-state index in [9.17, 15) is 0 Å². The predicted octanol–water partition coefficient (Wildman–Crippen LogP) is 2.65. The maximum Gasteiger partial charge on any atom is 0.193 e. The average Bonchev–Trinajstić information content (AvgIpc) is 2.52. The number of ether oxygens (including phenoxy) is 1. The van der Waals surface area contributed by atoms with Crippen molar-refractivity contribution in [2.75, 3.05) is 27.2 Å². The highest BCUT2D eigenvalue weighted by atomic mass is 16.5.